The number of nitrogens with zero attached hydrogens (tertiary/aromatic N) is 1. The molecule has 0 bridgehead atoms. The Morgan fingerprint density at radius 2 is 2.12 bits per heavy atom. The van der Waals surface area contributed by atoms with E-state index in [1.165, 1.54) is 17.8 Å². The van der Waals surface area contributed by atoms with Gasteiger partial charge in [0, 0.05) is 17.2 Å². The molecule has 0 fully saturated rings. The van der Waals surface area contributed by atoms with Gasteiger partial charge < -0.3 is 5.32 Å². The van der Waals surface area contributed by atoms with E-state index in [2.05, 4.69) is 10.3 Å². The minimum atomic E-state index is -0.784. The Labute approximate surface area is 149 Å². The number of thiazole rings is 1. The zero-order chi connectivity index (χ0) is 16.9. The number of aromatic nitrogens is 1. The van der Waals surface area contributed by atoms with Crippen LogP contribution in [0.4, 0.5) is 14.5 Å². The SMILES string of the molecule is O=C(CSCc1csc(-c2cccs2)n1)Nc1ccc(F)cc1F. The average Bonchev–Trinajstić information content (AvgIpc) is 3.21. The fraction of sp³-hybridized carbons (Fsp3) is 0.125. The number of carbonyl (C=O) groups is 1. The molecule has 2 aromatic heterocycles. The van der Waals surface area contributed by atoms with Crippen LogP contribution < -0.4 is 5.32 Å². The zero-order valence-corrected chi connectivity index (χ0v) is 14.7. The monoisotopic (exact) mass is 382 g/mol. The van der Waals surface area contributed by atoms with Crippen molar-refractivity contribution in [3.63, 3.8) is 0 Å². The molecular formula is C16H12F2N2OS3. The summed E-state index contributed by atoms with van der Waals surface area (Å²) in [4.78, 5) is 17.5. The first-order valence-corrected chi connectivity index (χ1v) is 9.84. The Hall–Kier alpha value is -1.77. The van der Waals surface area contributed by atoms with Crippen molar-refractivity contribution in [3.8, 4) is 9.88 Å². The van der Waals surface area contributed by atoms with Crippen LogP contribution in [0.15, 0.2) is 41.1 Å². The van der Waals surface area contributed by atoms with Gasteiger partial charge in [0.1, 0.15) is 16.6 Å². The minimum Gasteiger partial charge on any atom is -0.323 e. The van der Waals surface area contributed by atoms with E-state index in [0.717, 1.165) is 27.7 Å². The maximum Gasteiger partial charge on any atom is 0.234 e. The minimum absolute atomic E-state index is 0.0179. The molecule has 24 heavy (non-hydrogen) atoms. The summed E-state index contributed by atoms with van der Waals surface area (Å²) in [6.07, 6.45) is 0. The number of thiophene rings is 1. The van der Waals surface area contributed by atoms with Crippen LogP contribution in [0, 0.1) is 11.6 Å². The highest BCUT2D eigenvalue weighted by Crippen LogP contribution is 2.28. The van der Waals surface area contributed by atoms with Crippen LogP contribution in [-0.4, -0.2) is 16.6 Å². The van der Waals surface area contributed by atoms with Crippen LogP contribution in [0.5, 0.6) is 0 Å². The van der Waals surface area contributed by atoms with Gasteiger partial charge in [-0.2, -0.15) is 0 Å². The summed E-state index contributed by atoms with van der Waals surface area (Å²) in [5.74, 6) is -1.03. The number of amides is 1. The lowest BCUT2D eigenvalue weighted by Crippen LogP contribution is -2.15. The summed E-state index contributed by atoms with van der Waals surface area (Å²) in [5, 5.41) is 7.38. The van der Waals surface area contributed by atoms with Gasteiger partial charge in [-0.25, -0.2) is 13.8 Å². The van der Waals surface area contributed by atoms with Crippen molar-refractivity contribution in [2.24, 2.45) is 0 Å². The molecule has 2 heterocycles. The maximum absolute atomic E-state index is 13.5. The molecule has 3 aromatic rings. The van der Waals surface area contributed by atoms with Gasteiger partial charge in [0.25, 0.3) is 0 Å². The third-order valence-electron chi connectivity index (χ3n) is 2.97. The van der Waals surface area contributed by atoms with Crippen LogP contribution in [-0.2, 0) is 10.5 Å². The second kappa shape index (κ2) is 7.87. The van der Waals surface area contributed by atoms with E-state index in [0.29, 0.717) is 5.75 Å². The molecule has 0 spiro atoms. The van der Waals surface area contributed by atoms with Crippen molar-refractivity contribution in [1.82, 2.24) is 4.98 Å². The molecule has 0 saturated heterocycles. The van der Waals surface area contributed by atoms with E-state index in [1.807, 2.05) is 22.9 Å². The molecule has 1 amide bonds. The van der Waals surface area contributed by atoms with Gasteiger partial charge >= 0.3 is 0 Å². The summed E-state index contributed by atoms with van der Waals surface area (Å²) < 4.78 is 26.3. The molecule has 1 N–H and O–H groups in total. The average molecular weight is 382 g/mol. The summed E-state index contributed by atoms with van der Waals surface area (Å²) in [5.41, 5.74) is 0.893. The molecule has 0 aliphatic rings. The van der Waals surface area contributed by atoms with Crippen LogP contribution in [0.1, 0.15) is 5.69 Å². The molecule has 124 valence electrons. The van der Waals surface area contributed by atoms with E-state index in [9.17, 15) is 13.6 Å². The Balaban J connectivity index is 1.48. The predicted molar refractivity (Wildman–Crippen MR) is 96.6 cm³/mol. The Bertz CT molecular complexity index is 834. The van der Waals surface area contributed by atoms with Crippen molar-refractivity contribution in [1.29, 1.82) is 0 Å². The molecule has 0 radical (unpaired) electrons. The largest absolute Gasteiger partial charge is 0.323 e. The lowest BCUT2D eigenvalue weighted by molar-refractivity contribution is -0.113. The van der Waals surface area contributed by atoms with Crippen molar-refractivity contribution < 1.29 is 13.6 Å². The first-order valence-electron chi connectivity index (χ1n) is 6.93. The number of halogens is 2. The molecule has 0 atom stereocenters. The quantitative estimate of drug-likeness (QED) is 0.651. The van der Waals surface area contributed by atoms with Gasteiger partial charge in [0.2, 0.25) is 5.91 Å². The summed E-state index contributed by atoms with van der Waals surface area (Å²) in [6.45, 7) is 0. The topological polar surface area (TPSA) is 42.0 Å². The molecule has 1 aromatic carbocycles. The summed E-state index contributed by atoms with van der Waals surface area (Å²) >= 11 is 4.60. The maximum atomic E-state index is 13.5. The Kier molecular flexibility index (Phi) is 5.60. The van der Waals surface area contributed by atoms with Gasteiger partial charge in [-0.15, -0.1) is 34.4 Å². The first kappa shape index (κ1) is 17.1. The van der Waals surface area contributed by atoms with E-state index in [1.54, 1.807) is 22.7 Å². The smallest absolute Gasteiger partial charge is 0.234 e. The molecular weight excluding hydrogens is 370 g/mol. The van der Waals surface area contributed by atoms with Crippen molar-refractivity contribution in [2.75, 3.05) is 11.1 Å². The molecule has 0 aliphatic carbocycles. The van der Waals surface area contributed by atoms with Gasteiger partial charge in [0.05, 0.1) is 22.0 Å². The Morgan fingerprint density at radius 3 is 2.88 bits per heavy atom. The Morgan fingerprint density at radius 1 is 1.25 bits per heavy atom. The molecule has 0 saturated carbocycles. The summed E-state index contributed by atoms with van der Waals surface area (Å²) in [6, 6.07) is 7.05. The lowest BCUT2D eigenvalue weighted by atomic mass is 10.3. The number of hydrogen-bond acceptors (Lipinski definition) is 5. The number of nitrogens with one attached hydrogen (secondary N) is 1. The number of anilines is 1. The number of thioether (sulfide) groups is 1. The molecule has 0 aliphatic heterocycles. The van der Waals surface area contributed by atoms with Gasteiger partial charge in [0.15, 0.2) is 0 Å². The molecule has 3 nitrogen and oxygen atoms in total. The summed E-state index contributed by atoms with van der Waals surface area (Å²) in [7, 11) is 0. The van der Waals surface area contributed by atoms with Gasteiger partial charge in [-0.1, -0.05) is 6.07 Å². The van der Waals surface area contributed by atoms with Gasteiger partial charge in [-0.3, -0.25) is 4.79 Å². The second-order valence-electron chi connectivity index (χ2n) is 4.79. The van der Waals surface area contributed by atoms with E-state index in [4.69, 9.17) is 0 Å². The highest BCUT2D eigenvalue weighted by atomic mass is 32.2. The zero-order valence-electron chi connectivity index (χ0n) is 12.3. The van der Waals surface area contributed by atoms with Crippen molar-refractivity contribution >= 4 is 46.0 Å². The van der Waals surface area contributed by atoms with E-state index in [-0.39, 0.29) is 17.3 Å². The highest BCUT2D eigenvalue weighted by Gasteiger charge is 2.10. The highest BCUT2D eigenvalue weighted by molar-refractivity contribution is 7.99. The third-order valence-corrected chi connectivity index (χ3v) is 5.87. The van der Waals surface area contributed by atoms with Crippen LogP contribution in [0.2, 0.25) is 0 Å². The van der Waals surface area contributed by atoms with Crippen LogP contribution in [0.25, 0.3) is 9.88 Å². The standard InChI is InChI=1S/C16H12F2N2OS3/c17-10-3-4-13(12(18)6-10)20-15(21)9-22-7-11-8-24-16(19-11)14-2-1-5-23-14/h1-6,8H,7,9H2,(H,20,21). The number of carbonyl (C=O) groups excluding carboxylic acids is 1. The molecule has 3 rings (SSSR count). The third kappa shape index (κ3) is 4.40. The van der Waals surface area contributed by atoms with Crippen LogP contribution in [0.3, 0.4) is 0 Å². The van der Waals surface area contributed by atoms with E-state index < -0.39 is 11.6 Å². The first-order chi connectivity index (χ1) is 11.6. The second-order valence-corrected chi connectivity index (χ2v) is 7.58. The number of benzene rings is 1. The van der Waals surface area contributed by atoms with Gasteiger partial charge in [-0.05, 0) is 23.6 Å². The fourth-order valence-corrected chi connectivity index (χ4v) is 4.37. The van der Waals surface area contributed by atoms with E-state index >= 15 is 0 Å². The number of rotatable bonds is 6. The van der Waals surface area contributed by atoms with Crippen molar-refractivity contribution in [2.45, 2.75) is 5.75 Å². The lowest BCUT2D eigenvalue weighted by Gasteiger charge is -2.05. The van der Waals surface area contributed by atoms with Crippen LogP contribution >= 0.6 is 34.4 Å². The molecule has 0 unspecified atom stereocenters. The predicted octanol–water partition coefficient (Wildman–Crippen LogP) is 5.02. The molecule has 8 heteroatoms. The number of hydrogen-bond donors (Lipinski definition) is 1. The fourth-order valence-electron chi connectivity index (χ4n) is 1.91. The van der Waals surface area contributed by atoms with Crippen molar-refractivity contribution in [3.05, 3.63) is 58.4 Å². The normalized spacial score (nSPS) is 10.8.